The normalized spacial score (nSPS) is 23.6. The Morgan fingerprint density at radius 2 is 1.37 bits per heavy atom. The van der Waals surface area contributed by atoms with E-state index in [9.17, 15) is 0 Å². The molecule has 7 rings (SSSR count). The van der Waals surface area contributed by atoms with Crippen LogP contribution in [0.15, 0.2) is 104 Å². The van der Waals surface area contributed by atoms with Gasteiger partial charge in [-0.1, -0.05) is 91.0 Å². The number of hydrogen-bond acceptors (Lipinski definition) is 8. The van der Waals surface area contributed by atoms with Crippen LogP contribution in [-0.4, -0.2) is 50.2 Å². The van der Waals surface area contributed by atoms with Gasteiger partial charge in [0.1, 0.15) is 35.8 Å². The molecule has 4 atom stereocenters. The minimum Gasteiger partial charge on any atom is -0.382 e. The quantitative estimate of drug-likeness (QED) is 0.288. The van der Waals surface area contributed by atoms with E-state index in [1.807, 2.05) is 73.0 Å². The van der Waals surface area contributed by atoms with Crippen LogP contribution in [-0.2, 0) is 24.5 Å². The molecule has 4 heterocycles. The van der Waals surface area contributed by atoms with Crippen LogP contribution in [0.1, 0.15) is 36.8 Å². The molecule has 9 nitrogen and oxygen atoms in total. The first-order valence-electron chi connectivity index (χ1n) is 13.7. The van der Waals surface area contributed by atoms with Gasteiger partial charge in [-0.25, -0.2) is 15.0 Å². The average molecular weight is 550 g/mol. The number of ether oxygens (including phenoxy) is 4. The lowest BCUT2D eigenvalue weighted by Gasteiger charge is -2.37. The molecule has 2 aliphatic heterocycles. The van der Waals surface area contributed by atoms with Crippen molar-refractivity contribution in [3.8, 4) is 0 Å². The molecule has 0 amide bonds. The van der Waals surface area contributed by atoms with E-state index >= 15 is 0 Å². The number of nitrogens with zero attached hydrogens (tertiary/aromatic N) is 4. The van der Waals surface area contributed by atoms with Gasteiger partial charge in [0.2, 0.25) is 0 Å². The van der Waals surface area contributed by atoms with Gasteiger partial charge in [0.05, 0.1) is 12.9 Å². The molecule has 3 aromatic carbocycles. The Bertz CT molecular complexity index is 1550. The van der Waals surface area contributed by atoms with E-state index in [-0.39, 0.29) is 12.7 Å². The van der Waals surface area contributed by atoms with Crippen LogP contribution in [0.2, 0.25) is 0 Å². The van der Waals surface area contributed by atoms with Gasteiger partial charge in [-0.3, -0.25) is 4.57 Å². The molecule has 0 aliphatic carbocycles. The Morgan fingerprint density at radius 1 is 0.805 bits per heavy atom. The lowest BCUT2D eigenvalue weighted by atomic mass is 9.80. The molecule has 2 saturated heterocycles. The fraction of sp³-hybridized carbons (Fsp3) is 0.281. The fourth-order valence-corrected chi connectivity index (χ4v) is 6.05. The second-order valence-electron chi connectivity index (χ2n) is 10.8. The lowest BCUT2D eigenvalue weighted by Crippen LogP contribution is -2.39. The second-order valence-corrected chi connectivity index (χ2v) is 10.8. The number of fused-ring (bicyclic) bond motifs is 2. The van der Waals surface area contributed by atoms with Gasteiger partial charge in [0.15, 0.2) is 23.5 Å². The molecule has 208 valence electrons. The predicted octanol–water partition coefficient (Wildman–Crippen LogP) is 4.83. The third-order valence-corrected chi connectivity index (χ3v) is 7.79. The van der Waals surface area contributed by atoms with Gasteiger partial charge in [-0.15, -0.1) is 0 Å². The number of nitrogens with two attached hydrogens (primary N) is 1. The first kappa shape index (κ1) is 25.8. The van der Waals surface area contributed by atoms with Gasteiger partial charge in [0, 0.05) is 0 Å². The first-order chi connectivity index (χ1) is 20.0. The Kier molecular flexibility index (Phi) is 6.32. The lowest BCUT2D eigenvalue weighted by molar-refractivity contribution is -0.204. The summed E-state index contributed by atoms with van der Waals surface area (Å²) >= 11 is 0. The molecule has 2 aromatic heterocycles. The van der Waals surface area contributed by atoms with Gasteiger partial charge >= 0.3 is 0 Å². The standard InChI is InChI=1S/C32H31N5O4/c1-31(2)40-26-24(39-30(27(26)41-31)37-20-36-25-28(33)34-19-35-29(25)37)18-38-32(21-12-6-3-7-13-21,22-14-8-4-9-15-22)23-16-10-5-11-17-23/h3-17,19-20,24,26-27,30H,18H2,1-2H3,(H2,33,34,35)/t24-,26+,27+,30+/m0/s1. The number of anilines is 1. The highest BCUT2D eigenvalue weighted by molar-refractivity contribution is 5.81. The number of hydrogen-bond donors (Lipinski definition) is 1. The minimum absolute atomic E-state index is 0.236. The summed E-state index contributed by atoms with van der Waals surface area (Å²) in [6.07, 6.45) is 1.30. The molecule has 9 heteroatoms. The summed E-state index contributed by atoms with van der Waals surface area (Å²) < 4.78 is 28.4. The second kappa shape index (κ2) is 10.0. The van der Waals surface area contributed by atoms with Crippen LogP contribution in [0.3, 0.4) is 0 Å². The summed E-state index contributed by atoms with van der Waals surface area (Å²) in [4.78, 5) is 12.9. The summed E-state index contributed by atoms with van der Waals surface area (Å²) in [5.74, 6) is -0.486. The maximum atomic E-state index is 7.09. The van der Waals surface area contributed by atoms with Crippen molar-refractivity contribution >= 4 is 17.0 Å². The Labute approximate surface area is 237 Å². The van der Waals surface area contributed by atoms with E-state index in [0.717, 1.165) is 16.7 Å². The monoisotopic (exact) mass is 549 g/mol. The molecule has 0 bridgehead atoms. The molecule has 0 unspecified atom stereocenters. The van der Waals surface area contributed by atoms with Crippen LogP contribution in [0.4, 0.5) is 5.82 Å². The molecule has 0 radical (unpaired) electrons. The molecular weight excluding hydrogens is 518 g/mol. The van der Waals surface area contributed by atoms with Crippen molar-refractivity contribution in [1.82, 2.24) is 19.5 Å². The van der Waals surface area contributed by atoms with Gasteiger partial charge in [-0.2, -0.15) is 0 Å². The third kappa shape index (κ3) is 4.38. The highest BCUT2D eigenvalue weighted by Crippen LogP contribution is 2.46. The molecule has 2 N–H and O–H groups in total. The minimum atomic E-state index is -0.890. The maximum absolute atomic E-state index is 7.09. The van der Waals surface area contributed by atoms with Crippen molar-refractivity contribution < 1.29 is 18.9 Å². The molecule has 2 aliphatic rings. The smallest absolute Gasteiger partial charge is 0.167 e. The third-order valence-electron chi connectivity index (χ3n) is 7.79. The van der Waals surface area contributed by atoms with Gasteiger partial charge in [0.25, 0.3) is 0 Å². The van der Waals surface area contributed by atoms with E-state index in [1.165, 1.54) is 6.33 Å². The van der Waals surface area contributed by atoms with Crippen molar-refractivity contribution in [2.75, 3.05) is 12.3 Å². The summed E-state index contributed by atoms with van der Waals surface area (Å²) in [6.45, 7) is 4.06. The van der Waals surface area contributed by atoms with Crippen molar-refractivity contribution in [3.05, 3.63) is 120 Å². The molecule has 2 fully saturated rings. The summed E-state index contributed by atoms with van der Waals surface area (Å²) in [7, 11) is 0. The highest BCUT2D eigenvalue weighted by Gasteiger charge is 2.57. The largest absolute Gasteiger partial charge is 0.382 e. The highest BCUT2D eigenvalue weighted by atomic mass is 16.8. The molecular formula is C32H31N5O4. The van der Waals surface area contributed by atoms with Gasteiger partial charge in [-0.05, 0) is 30.5 Å². The van der Waals surface area contributed by atoms with Crippen LogP contribution in [0.25, 0.3) is 11.2 Å². The van der Waals surface area contributed by atoms with Crippen molar-refractivity contribution in [2.45, 2.75) is 49.8 Å². The molecule has 5 aromatic rings. The number of nitrogen functional groups attached to an aromatic ring is 1. The fourth-order valence-electron chi connectivity index (χ4n) is 6.05. The van der Waals surface area contributed by atoms with Crippen LogP contribution < -0.4 is 5.73 Å². The van der Waals surface area contributed by atoms with Gasteiger partial charge < -0.3 is 24.7 Å². The van der Waals surface area contributed by atoms with Crippen LogP contribution in [0.5, 0.6) is 0 Å². The van der Waals surface area contributed by atoms with E-state index in [0.29, 0.717) is 17.0 Å². The SMILES string of the molecule is CC1(C)O[C@@H]2[C@H](O1)[C@H](COC(c1ccccc1)(c1ccccc1)c1ccccc1)O[C@H]2n1cnc2c(N)ncnc21. The Morgan fingerprint density at radius 3 is 1.95 bits per heavy atom. The van der Waals surface area contributed by atoms with Crippen molar-refractivity contribution in [2.24, 2.45) is 0 Å². The number of benzene rings is 3. The molecule has 41 heavy (non-hydrogen) atoms. The Balaban J connectivity index is 1.28. The zero-order chi connectivity index (χ0) is 28.0. The Hall–Kier alpha value is -4.15. The number of aromatic nitrogens is 4. The van der Waals surface area contributed by atoms with E-state index in [2.05, 4.69) is 51.4 Å². The van der Waals surface area contributed by atoms with E-state index < -0.39 is 29.8 Å². The van der Waals surface area contributed by atoms with Crippen molar-refractivity contribution in [3.63, 3.8) is 0 Å². The summed E-state index contributed by atoms with van der Waals surface area (Å²) in [6, 6.07) is 30.8. The number of rotatable bonds is 7. The number of imidazole rings is 1. The zero-order valence-corrected chi connectivity index (χ0v) is 22.8. The van der Waals surface area contributed by atoms with E-state index in [4.69, 9.17) is 24.7 Å². The predicted molar refractivity (Wildman–Crippen MR) is 153 cm³/mol. The maximum Gasteiger partial charge on any atom is 0.167 e. The topological polar surface area (TPSA) is 107 Å². The zero-order valence-electron chi connectivity index (χ0n) is 22.8. The van der Waals surface area contributed by atoms with E-state index in [1.54, 1.807) is 6.33 Å². The van der Waals surface area contributed by atoms with Crippen LogP contribution in [0, 0.1) is 0 Å². The average Bonchev–Trinajstić information content (AvgIpc) is 3.67. The van der Waals surface area contributed by atoms with Crippen LogP contribution >= 0.6 is 0 Å². The summed E-state index contributed by atoms with van der Waals surface area (Å²) in [5.41, 5.74) is 9.30. The molecule has 0 saturated carbocycles. The van der Waals surface area contributed by atoms with Crippen molar-refractivity contribution in [1.29, 1.82) is 0 Å². The molecule has 0 spiro atoms. The summed E-state index contributed by atoms with van der Waals surface area (Å²) in [5, 5.41) is 0. The first-order valence-corrected chi connectivity index (χ1v) is 13.7.